The van der Waals surface area contributed by atoms with E-state index in [4.69, 9.17) is 4.74 Å². The summed E-state index contributed by atoms with van der Waals surface area (Å²) in [6.45, 7) is 4.98. The lowest BCUT2D eigenvalue weighted by Crippen LogP contribution is -2.45. The van der Waals surface area contributed by atoms with Crippen molar-refractivity contribution in [2.45, 2.75) is 463 Å². The van der Waals surface area contributed by atoms with Crippen molar-refractivity contribution in [2.24, 2.45) is 0 Å². The number of allylic oxidation sites excluding steroid dienone is 4. The van der Waals surface area contributed by atoms with Crippen LogP contribution >= 0.6 is 0 Å². The van der Waals surface area contributed by atoms with Crippen LogP contribution in [0.1, 0.15) is 450 Å². The minimum atomic E-state index is -0.662. The predicted molar refractivity (Wildman–Crippen MR) is 380 cm³/mol. The molecule has 0 aromatic heterocycles. The first-order valence-electron chi connectivity index (χ1n) is 39.6. The molecule has 0 aliphatic heterocycles. The van der Waals surface area contributed by atoms with Gasteiger partial charge in [0, 0.05) is 12.8 Å². The first kappa shape index (κ1) is 84.3. The van der Waals surface area contributed by atoms with Crippen molar-refractivity contribution in [1.82, 2.24) is 5.32 Å². The molecule has 0 saturated carbocycles. The highest BCUT2D eigenvalue weighted by atomic mass is 16.5. The maximum Gasteiger partial charge on any atom is 0.305 e. The summed E-state index contributed by atoms with van der Waals surface area (Å²) >= 11 is 0. The van der Waals surface area contributed by atoms with E-state index < -0.39 is 12.1 Å². The number of nitrogens with one attached hydrogen (secondary N) is 1. The van der Waals surface area contributed by atoms with Gasteiger partial charge in [-0.3, -0.25) is 9.59 Å². The average molecular weight is 1210 g/mol. The van der Waals surface area contributed by atoms with Gasteiger partial charge in [-0.1, -0.05) is 404 Å². The number of hydrogen-bond acceptors (Lipinski definition) is 5. The number of esters is 1. The van der Waals surface area contributed by atoms with Crippen molar-refractivity contribution in [3.63, 3.8) is 0 Å². The number of hydrogen-bond donors (Lipinski definition) is 3. The van der Waals surface area contributed by atoms with Crippen LogP contribution in [-0.2, 0) is 14.3 Å². The molecule has 1 amide bonds. The Kier molecular flexibility index (Phi) is 74.3. The molecule has 0 aliphatic rings. The molecule has 0 bridgehead atoms. The van der Waals surface area contributed by atoms with Crippen LogP contribution in [0.5, 0.6) is 0 Å². The van der Waals surface area contributed by atoms with Crippen molar-refractivity contribution >= 4 is 11.9 Å². The Hall–Kier alpha value is -1.66. The van der Waals surface area contributed by atoms with E-state index in [-0.39, 0.29) is 18.5 Å². The lowest BCUT2D eigenvalue weighted by Gasteiger charge is -2.22. The second-order valence-corrected chi connectivity index (χ2v) is 27.4. The fourth-order valence-corrected chi connectivity index (χ4v) is 12.7. The Morgan fingerprint density at radius 2 is 0.581 bits per heavy atom. The van der Waals surface area contributed by atoms with Crippen molar-refractivity contribution in [3.05, 3.63) is 24.3 Å². The highest BCUT2D eigenvalue weighted by Crippen LogP contribution is 2.20. The average Bonchev–Trinajstić information content (AvgIpc) is 3.54. The Labute approximate surface area is 539 Å². The number of aliphatic hydroxyl groups excluding tert-OH is 2. The molecular formula is C80H155NO5. The molecule has 0 aromatic rings. The van der Waals surface area contributed by atoms with E-state index in [9.17, 15) is 19.8 Å². The van der Waals surface area contributed by atoms with Gasteiger partial charge in [0.25, 0.3) is 0 Å². The number of ether oxygens (including phenoxy) is 1. The first-order valence-corrected chi connectivity index (χ1v) is 39.6. The van der Waals surface area contributed by atoms with Crippen LogP contribution in [0.25, 0.3) is 0 Å². The molecule has 510 valence electrons. The molecule has 0 aliphatic carbocycles. The molecule has 86 heavy (non-hydrogen) atoms. The quantitative estimate of drug-likeness (QED) is 0.0320. The number of amides is 1. The molecule has 2 unspecified atom stereocenters. The molecule has 3 N–H and O–H groups in total. The first-order chi connectivity index (χ1) is 42.5. The molecule has 6 nitrogen and oxygen atoms in total. The van der Waals surface area contributed by atoms with E-state index in [1.807, 2.05) is 0 Å². The Morgan fingerprint density at radius 1 is 0.326 bits per heavy atom. The number of carbonyl (C=O) groups is 2. The second-order valence-electron chi connectivity index (χ2n) is 27.4. The third-order valence-electron chi connectivity index (χ3n) is 18.8. The van der Waals surface area contributed by atoms with Crippen molar-refractivity contribution < 1.29 is 24.5 Å². The molecule has 0 saturated heterocycles. The Bertz CT molecular complexity index is 1350. The minimum Gasteiger partial charge on any atom is -0.466 e. The zero-order valence-electron chi connectivity index (χ0n) is 58.6. The number of rotatable bonds is 75. The summed E-state index contributed by atoms with van der Waals surface area (Å²) in [5.41, 5.74) is 0. The maximum atomic E-state index is 12.6. The third kappa shape index (κ3) is 71.4. The summed E-state index contributed by atoms with van der Waals surface area (Å²) in [6.07, 6.45) is 96.9. The fraction of sp³-hybridized carbons (Fsp3) is 0.925. The van der Waals surface area contributed by atoms with Gasteiger partial charge in [0.2, 0.25) is 5.91 Å². The van der Waals surface area contributed by atoms with Crippen LogP contribution < -0.4 is 5.32 Å². The lowest BCUT2D eigenvalue weighted by atomic mass is 10.0. The normalized spacial score (nSPS) is 12.6. The lowest BCUT2D eigenvalue weighted by molar-refractivity contribution is -0.143. The summed E-state index contributed by atoms with van der Waals surface area (Å²) in [5.74, 6) is -0.00790. The number of aliphatic hydroxyl groups is 2. The number of unbranched alkanes of at least 4 members (excludes halogenated alkanes) is 60. The molecule has 0 aromatic carbocycles. The highest BCUT2D eigenvalue weighted by molar-refractivity contribution is 5.76. The van der Waals surface area contributed by atoms with Gasteiger partial charge in [0.1, 0.15) is 0 Å². The van der Waals surface area contributed by atoms with E-state index >= 15 is 0 Å². The molecule has 6 heteroatoms. The highest BCUT2D eigenvalue weighted by Gasteiger charge is 2.20. The molecule has 0 radical (unpaired) electrons. The van der Waals surface area contributed by atoms with Gasteiger partial charge >= 0.3 is 5.97 Å². The standard InChI is InChI=1S/C80H155NO5/c1-3-5-7-9-11-13-15-17-19-21-36-40-44-48-52-56-60-64-68-72-78(83)77(76-82)81-79(84)73-69-65-61-57-53-49-45-41-38-34-32-30-28-26-24-23-25-27-29-31-33-35-39-43-47-51-55-59-63-67-71-75-86-80(85)74-70-66-62-58-54-50-46-42-37-22-20-18-16-14-12-10-8-6-4-2/h12,14,18,20,77-78,82-83H,3-11,13,15-17,19,21-76H2,1-2H3,(H,81,84)/b14-12-,20-18-. The van der Waals surface area contributed by atoms with E-state index in [0.29, 0.717) is 25.9 Å². The summed E-state index contributed by atoms with van der Waals surface area (Å²) in [6, 6.07) is -0.539. The molecule has 0 fully saturated rings. The Morgan fingerprint density at radius 3 is 0.907 bits per heavy atom. The van der Waals surface area contributed by atoms with Crippen molar-refractivity contribution in [1.29, 1.82) is 0 Å². The molecule has 0 spiro atoms. The summed E-state index contributed by atoms with van der Waals surface area (Å²) in [7, 11) is 0. The largest absolute Gasteiger partial charge is 0.466 e. The van der Waals surface area contributed by atoms with E-state index in [0.717, 1.165) is 51.4 Å². The van der Waals surface area contributed by atoms with Crippen molar-refractivity contribution in [3.8, 4) is 0 Å². The van der Waals surface area contributed by atoms with Gasteiger partial charge in [-0.05, 0) is 57.8 Å². The van der Waals surface area contributed by atoms with E-state index in [1.165, 1.54) is 366 Å². The molecular weight excluding hydrogens is 1050 g/mol. The topological polar surface area (TPSA) is 95.9 Å². The van der Waals surface area contributed by atoms with Gasteiger partial charge < -0.3 is 20.3 Å². The van der Waals surface area contributed by atoms with Gasteiger partial charge in [-0.15, -0.1) is 0 Å². The fourth-order valence-electron chi connectivity index (χ4n) is 12.7. The van der Waals surface area contributed by atoms with Crippen molar-refractivity contribution in [2.75, 3.05) is 13.2 Å². The minimum absolute atomic E-state index is 0.0179. The van der Waals surface area contributed by atoms with Gasteiger partial charge in [0.15, 0.2) is 0 Å². The van der Waals surface area contributed by atoms with Crippen LogP contribution in [0, 0.1) is 0 Å². The Balaban J connectivity index is 3.32. The monoisotopic (exact) mass is 1210 g/mol. The van der Waals surface area contributed by atoms with Crippen LogP contribution in [0.15, 0.2) is 24.3 Å². The van der Waals surface area contributed by atoms with Crippen LogP contribution in [0.3, 0.4) is 0 Å². The summed E-state index contributed by atoms with van der Waals surface area (Å²) in [4.78, 5) is 24.7. The van der Waals surface area contributed by atoms with Crippen LogP contribution in [0.2, 0.25) is 0 Å². The zero-order valence-corrected chi connectivity index (χ0v) is 58.6. The van der Waals surface area contributed by atoms with E-state index in [2.05, 4.69) is 43.5 Å². The van der Waals surface area contributed by atoms with E-state index in [1.54, 1.807) is 0 Å². The smallest absolute Gasteiger partial charge is 0.305 e. The van der Waals surface area contributed by atoms with Gasteiger partial charge in [-0.25, -0.2) is 0 Å². The van der Waals surface area contributed by atoms with Crippen LogP contribution in [0.4, 0.5) is 0 Å². The molecule has 0 rings (SSSR count). The van der Waals surface area contributed by atoms with Crippen LogP contribution in [-0.4, -0.2) is 47.4 Å². The summed E-state index contributed by atoms with van der Waals surface area (Å²) in [5, 5.41) is 23.4. The SMILES string of the molecule is CCCCC/C=C\C/C=C\CCCCCCCCCCCC(=O)OCCCCCCCCCCCCCCCCCCCCCCCCCCCCCCCCCC(=O)NC(CO)C(O)CCCCCCCCCCCCCCCCCCCCC. The van der Waals surface area contributed by atoms with Gasteiger partial charge in [0.05, 0.1) is 25.4 Å². The number of carbonyl (C=O) groups excluding carboxylic acids is 2. The second kappa shape index (κ2) is 75.8. The maximum absolute atomic E-state index is 12.6. The predicted octanol–water partition coefficient (Wildman–Crippen LogP) is 26.0. The molecule has 0 heterocycles. The van der Waals surface area contributed by atoms with Gasteiger partial charge in [-0.2, -0.15) is 0 Å². The third-order valence-corrected chi connectivity index (χ3v) is 18.8. The molecule has 2 atom stereocenters. The summed E-state index contributed by atoms with van der Waals surface area (Å²) < 4.78 is 5.52. The zero-order chi connectivity index (χ0) is 62.0.